The number of amides is 1. The Hall–Kier alpha value is -2.67. The van der Waals surface area contributed by atoms with Crippen LogP contribution >= 0.6 is 0 Å². The summed E-state index contributed by atoms with van der Waals surface area (Å²) in [6.07, 6.45) is 0. The summed E-state index contributed by atoms with van der Waals surface area (Å²) in [5.41, 5.74) is 2.76. The van der Waals surface area contributed by atoms with Gasteiger partial charge in [0.1, 0.15) is 5.58 Å². The van der Waals surface area contributed by atoms with Gasteiger partial charge in [0.2, 0.25) is 5.82 Å². The molecule has 7 nitrogen and oxygen atoms in total. The molecule has 1 aromatic carbocycles. The smallest absolute Gasteiger partial charge is 0.316 e. The summed E-state index contributed by atoms with van der Waals surface area (Å²) in [7, 11) is 3.87. The van der Waals surface area contributed by atoms with Crippen LogP contribution in [0.5, 0.6) is 0 Å². The molecule has 3 rings (SSSR count). The largest absolute Gasteiger partial charge is 0.452 e. The van der Waals surface area contributed by atoms with Crippen molar-refractivity contribution in [2.75, 3.05) is 27.2 Å². The van der Waals surface area contributed by atoms with Gasteiger partial charge in [-0.05, 0) is 33.5 Å². The molecule has 24 heavy (non-hydrogen) atoms. The molecule has 0 fully saturated rings. The van der Waals surface area contributed by atoms with Gasteiger partial charge in [-0.25, -0.2) is 0 Å². The second kappa shape index (κ2) is 6.45. The van der Waals surface area contributed by atoms with Crippen molar-refractivity contribution in [1.29, 1.82) is 0 Å². The maximum Gasteiger partial charge on any atom is 0.316 e. The molecule has 0 unspecified atom stereocenters. The minimum Gasteiger partial charge on any atom is -0.452 e. The van der Waals surface area contributed by atoms with E-state index in [1.165, 1.54) is 0 Å². The first-order valence-electron chi connectivity index (χ1n) is 7.73. The van der Waals surface area contributed by atoms with Gasteiger partial charge >= 0.3 is 11.8 Å². The highest BCUT2D eigenvalue weighted by Gasteiger charge is 2.21. The normalized spacial score (nSPS) is 11.4. The van der Waals surface area contributed by atoms with Crippen molar-refractivity contribution in [1.82, 2.24) is 20.4 Å². The molecule has 0 aliphatic rings. The molecule has 0 aliphatic heterocycles. The van der Waals surface area contributed by atoms with Gasteiger partial charge in [-0.15, -0.1) is 0 Å². The Morgan fingerprint density at radius 2 is 2.08 bits per heavy atom. The lowest BCUT2D eigenvalue weighted by Gasteiger charge is -2.08. The van der Waals surface area contributed by atoms with Crippen LogP contribution in [-0.2, 0) is 0 Å². The van der Waals surface area contributed by atoms with E-state index in [0.29, 0.717) is 12.3 Å². The van der Waals surface area contributed by atoms with Gasteiger partial charge in [0.05, 0.1) is 0 Å². The van der Waals surface area contributed by atoms with Crippen molar-refractivity contribution in [3.05, 3.63) is 35.2 Å². The summed E-state index contributed by atoms with van der Waals surface area (Å²) in [5, 5.41) is 7.63. The van der Waals surface area contributed by atoms with Crippen LogP contribution in [0.4, 0.5) is 0 Å². The van der Waals surface area contributed by atoms with E-state index in [4.69, 9.17) is 8.94 Å². The van der Waals surface area contributed by atoms with Gasteiger partial charge in [-0.1, -0.05) is 23.4 Å². The third-order valence-corrected chi connectivity index (χ3v) is 3.83. The molecule has 1 amide bonds. The highest BCUT2D eigenvalue weighted by Crippen LogP contribution is 2.32. The molecule has 7 heteroatoms. The summed E-state index contributed by atoms with van der Waals surface area (Å²) in [4.78, 5) is 18.2. The number of nitrogens with zero attached hydrogens (tertiary/aromatic N) is 3. The standard InChI is InChI=1S/C17H20N4O3/c1-10-6-5-7-12-11(2)14(23-13(10)12)15-19-17(24-20-15)16(22)18-8-9-21(3)4/h5-7H,8-9H2,1-4H3,(H,18,22). The zero-order valence-electron chi connectivity index (χ0n) is 14.2. The van der Waals surface area contributed by atoms with Crippen LogP contribution in [0.15, 0.2) is 27.1 Å². The van der Waals surface area contributed by atoms with E-state index in [0.717, 1.165) is 28.6 Å². The van der Waals surface area contributed by atoms with Crippen molar-refractivity contribution in [2.24, 2.45) is 0 Å². The summed E-state index contributed by atoms with van der Waals surface area (Å²) < 4.78 is 11.0. The Kier molecular flexibility index (Phi) is 4.35. The van der Waals surface area contributed by atoms with Gasteiger partial charge in [0.15, 0.2) is 5.76 Å². The van der Waals surface area contributed by atoms with Gasteiger partial charge in [-0.3, -0.25) is 4.79 Å². The first-order chi connectivity index (χ1) is 11.5. The van der Waals surface area contributed by atoms with Crippen LogP contribution in [0.3, 0.4) is 0 Å². The zero-order valence-corrected chi connectivity index (χ0v) is 14.2. The zero-order chi connectivity index (χ0) is 17.3. The number of rotatable bonds is 5. The minimum absolute atomic E-state index is 0.0691. The first kappa shape index (κ1) is 16.2. The average Bonchev–Trinajstić information content (AvgIpc) is 3.13. The number of furan rings is 1. The fraction of sp³-hybridized carbons (Fsp3) is 0.353. The summed E-state index contributed by atoms with van der Waals surface area (Å²) in [6.45, 7) is 5.16. The van der Waals surface area contributed by atoms with Crippen LogP contribution in [0, 0.1) is 13.8 Å². The Balaban J connectivity index is 1.84. The molecule has 0 spiro atoms. The molecule has 0 atom stereocenters. The Morgan fingerprint density at radius 1 is 1.29 bits per heavy atom. The molecular formula is C17H20N4O3. The number of likely N-dealkylation sites (N-methyl/N-ethyl adjacent to an activating group) is 1. The maximum absolute atomic E-state index is 12.0. The van der Waals surface area contributed by atoms with Gasteiger partial charge in [0, 0.05) is 24.0 Å². The minimum atomic E-state index is -0.388. The topological polar surface area (TPSA) is 84.4 Å². The molecule has 1 N–H and O–H groups in total. The maximum atomic E-state index is 12.0. The molecule has 0 bridgehead atoms. The summed E-state index contributed by atoms with van der Waals surface area (Å²) in [6, 6.07) is 5.94. The molecule has 126 valence electrons. The Labute approximate surface area is 139 Å². The number of hydrogen-bond donors (Lipinski definition) is 1. The summed E-state index contributed by atoms with van der Waals surface area (Å²) >= 11 is 0. The second-order valence-electron chi connectivity index (χ2n) is 5.99. The Morgan fingerprint density at radius 3 is 2.79 bits per heavy atom. The fourth-order valence-electron chi connectivity index (χ4n) is 2.47. The quantitative estimate of drug-likeness (QED) is 0.774. The van der Waals surface area contributed by atoms with Crippen LogP contribution in [0.1, 0.15) is 21.8 Å². The molecule has 0 radical (unpaired) electrons. The number of para-hydroxylation sites is 1. The fourth-order valence-corrected chi connectivity index (χ4v) is 2.47. The summed E-state index contributed by atoms with van der Waals surface area (Å²) in [5.74, 6) is 0.345. The highest BCUT2D eigenvalue weighted by molar-refractivity contribution is 5.91. The average molecular weight is 328 g/mol. The number of aromatic nitrogens is 2. The molecule has 3 aromatic rings. The van der Waals surface area contributed by atoms with Crippen molar-refractivity contribution >= 4 is 16.9 Å². The van der Waals surface area contributed by atoms with E-state index in [2.05, 4.69) is 15.5 Å². The van der Waals surface area contributed by atoms with Crippen LogP contribution in [-0.4, -0.2) is 48.1 Å². The first-order valence-corrected chi connectivity index (χ1v) is 7.73. The number of carbonyl (C=O) groups excluding carboxylic acids is 1. The van der Waals surface area contributed by atoms with Gasteiger partial charge < -0.3 is 19.2 Å². The van der Waals surface area contributed by atoms with E-state index < -0.39 is 0 Å². The molecule has 2 aromatic heterocycles. The van der Waals surface area contributed by atoms with Crippen LogP contribution < -0.4 is 5.32 Å². The monoisotopic (exact) mass is 328 g/mol. The highest BCUT2D eigenvalue weighted by atomic mass is 16.5. The molecule has 0 aliphatic carbocycles. The number of nitrogens with one attached hydrogen (secondary N) is 1. The van der Waals surface area contributed by atoms with E-state index in [1.54, 1.807) is 0 Å². The van der Waals surface area contributed by atoms with Crippen molar-refractivity contribution < 1.29 is 13.7 Å². The van der Waals surface area contributed by atoms with Crippen LogP contribution in [0.2, 0.25) is 0 Å². The van der Waals surface area contributed by atoms with E-state index in [-0.39, 0.29) is 17.6 Å². The predicted octanol–water partition coefficient (Wildman–Crippen LogP) is 2.39. The number of hydrogen-bond acceptors (Lipinski definition) is 6. The van der Waals surface area contributed by atoms with Crippen molar-refractivity contribution in [3.63, 3.8) is 0 Å². The van der Waals surface area contributed by atoms with Gasteiger partial charge in [-0.2, -0.15) is 4.98 Å². The molecule has 0 saturated heterocycles. The predicted molar refractivity (Wildman–Crippen MR) is 89.9 cm³/mol. The van der Waals surface area contributed by atoms with Gasteiger partial charge in [0.25, 0.3) is 0 Å². The Bertz CT molecular complexity index is 879. The second-order valence-corrected chi connectivity index (χ2v) is 5.99. The van der Waals surface area contributed by atoms with E-state index >= 15 is 0 Å². The lowest BCUT2D eigenvalue weighted by Crippen LogP contribution is -2.31. The number of fused-ring (bicyclic) bond motifs is 1. The SMILES string of the molecule is Cc1c(-c2noc(C(=O)NCCN(C)C)n2)oc2c(C)cccc12. The third kappa shape index (κ3) is 3.03. The number of carbonyl (C=O) groups is 1. The number of benzene rings is 1. The van der Waals surface area contributed by atoms with Crippen LogP contribution in [0.25, 0.3) is 22.6 Å². The molecular weight excluding hydrogens is 308 g/mol. The van der Waals surface area contributed by atoms with Crippen molar-refractivity contribution in [3.8, 4) is 11.6 Å². The van der Waals surface area contributed by atoms with E-state index in [9.17, 15) is 4.79 Å². The molecule has 2 heterocycles. The van der Waals surface area contributed by atoms with Crippen molar-refractivity contribution in [2.45, 2.75) is 13.8 Å². The molecule has 0 saturated carbocycles. The lowest BCUT2D eigenvalue weighted by molar-refractivity contribution is 0.0907. The lowest BCUT2D eigenvalue weighted by atomic mass is 10.1. The van der Waals surface area contributed by atoms with E-state index in [1.807, 2.05) is 51.0 Å². The third-order valence-electron chi connectivity index (χ3n) is 3.83. The number of aryl methyl sites for hydroxylation is 2.